The van der Waals surface area contributed by atoms with Gasteiger partial charge in [-0.15, -0.1) is 0 Å². The van der Waals surface area contributed by atoms with E-state index >= 15 is 0 Å². The van der Waals surface area contributed by atoms with Gasteiger partial charge in [-0.2, -0.15) is 0 Å². The molecule has 0 saturated carbocycles. The van der Waals surface area contributed by atoms with Crippen LogP contribution >= 0.6 is 0 Å². The first-order valence-electron chi connectivity index (χ1n) is 4.12. The molecule has 0 saturated heterocycles. The van der Waals surface area contributed by atoms with Gasteiger partial charge in [0.05, 0.1) is 0 Å². The highest BCUT2D eigenvalue weighted by Gasteiger charge is 1.97. The molecule has 1 aromatic rings. The lowest BCUT2D eigenvalue weighted by Gasteiger charge is -1.96. The van der Waals surface area contributed by atoms with Crippen LogP contribution < -0.4 is 0 Å². The Morgan fingerprint density at radius 2 is 1.86 bits per heavy atom. The maximum absolute atomic E-state index is 4.03. The highest BCUT2D eigenvalue weighted by atomic mass is 15.0. The molecule has 1 heterocycles. The summed E-state index contributed by atoms with van der Waals surface area (Å²) in [4.78, 5) is 11.8. The second-order valence-corrected chi connectivity index (χ2v) is 2.41. The third-order valence-electron chi connectivity index (χ3n) is 1.46. The van der Waals surface area contributed by atoms with E-state index in [1.165, 1.54) is 12.7 Å². The first-order valence-corrected chi connectivity index (χ1v) is 4.12. The fourth-order valence-corrected chi connectivity index (χ4v) is 0.892. The molecule has 0 unspecified atom stereocenters. The summed E-state index contributed by atoms with van der Waals surface area (Å²) in [6.07, 6.45) is 11.8. The van der Waals surface area contributed by atoms with Crippen molar-refractivity contribution in [3.8, 4) is 0 Å². The minimum absolute atomic E-state index is 0.623. The highest BCUT2D eigenvalue weighted by Crippen LogP contribution is 2.09. The molecule has 0 N–H and O–H groups in total. The fraction of sp³-hybridized carbons (Fsp3) is 0. The zero-order valence-corrected chi connectivity index (χ0v) is 7.80. The maximum Gasteiger partial charge on any atom is 0.162 e. The molecule has 1 rings (SSSR count). The number of hydrogen-bond donors (Lipinski definition) is 0. The number of allylic oxidation sites excluding steroid dienone is 6. The predicted molar refractivity (Wildman–Crippen MR) is 57.3 cm³/mol. The molecule has 0 bridgehead atoms. The molecule has 1 aromatic heterocycles. The average molecular weight is 185 g/mol. The zero-order valence-electron chi connectivity index (χ0n) is 7.80. The maximum atomic E-state index is 4.03. The van der Waals surface area contributed by atoms with Gasteiger partial charge in [0.1, 0.15) is 12.7 Å². The molecular weight excluding hydrogens is 174 g/mol. The first kappa shape index (κ1) is 10.1. The number of aromatic nitrogens is 3. The van der Waals surface area contributed by atoms with Crippen LogP contribution in [0.25, 0.3) is 5.57 Å². The van der Waals surface area contributed by atoms with Crippen molar-refractivity contribution in [1.29, 1.82) is 0 Å². The summed E-state index contributed by atoms with van der Waals surface area (Å²) in [7, 11) is 0. The summed E-state index contributed by atoms with van der Waals surface area (Å²) in [6, 6.07) is 0. The van der Waals surface area contributed by atoms with Gasteiger partial charge < -0.3 is 0 Å². The summed E-state index contributed by atoms with van der Waals surface area (Å²) in [6.45, 7) is 7.22. The lowest BCUT2D eigenvalue weighted by atomic mass is 10.2. The first-order chi connectivity index (χ1) is 6.88. The Labute approximate surface area is 83.3 Å². The SMILES string of the molecule is C=C/C=C\C(=C/C=C)c1ncncn1. The van der Waals surface area contributed by atoms with Gasteiger partial charge in [0.2, 0.25) is 0 Å². The van der Waals surface area contributed by atoms with Crippen molar-refractivity contribution < 1.29 is 0 Å². The molecule has 70 valence electrons. The minimum Gasteiger partial charge on any atom is -0.225 e. The van der Waals surface area contributed by atoms with Gasteiger partial charge in [-0.05, 0) is 0 Å². The molecule has 0 atom stereocenters. The third kappa shape index (κ3) is 2.79. The van der Waals surface area contributed by atoms with Crippen LogP contribution in [0, 0.1) is 0 Å². The highest BCUT2D eigenvalue weighted by molar-refractivity contribution is 5.70. The van der Waals surface area contributed by atoms with E-state index < -0.39 is 0 Å². The molecule has 3 heteroatoms. The Kier molecular flexibility index (Phi) is 4.01. The number of nitrogens with zero attached hydrogens (tertiary/aromatic N) is 3. The topological polar surface area (TPSA) is 38.7 Å². The lowest BCUT2D eigenvalue weighted by Crippen LogP contribution is -1.91. The fourth-order valence-electron chi connectivity index (χ4n) is 0.892. The van der Waals surface area contributed by atoms with Crippen molar-refractivity contribution in [2.45, 2.75) is 0 Å². The van der Waals surface area contributed by atoms with Crippen molar-refractivity contribution in [3.63, 3.8) is 0 Å². The van der Waals surface area contributed by atoms with E-state index in [1.807, 2.05) is 18.2 Å². The van der Waals surface area contributed by atoms with Gasteiger partial charge in [0, 0.05) is 5.57 Å². The van der Waals surface area contributed by atoms with E-state index in [0.29, 0.717) is 5.82 Å². The van der Waals surface area contributed by atoms with Gasteiger partial charge in [-0.25, -0.2) is 15.0 Å². The van der Waals surface area contributed by atoms with E-state index in [2.05, 4.69) is 28.1 Å². The Morgan fingerprint density at radius 1 is 1.14 bits per heavy atom. The van der Waals surface area contributed by atoms with Gasteiger partial charge in [-0.1, -0.05) is 43.5 Å². The second-order valence-electron chi connectivity index (χ2n) is 2.41. The summed E-state index contributed by atoms with van der Waals surface area (Å²) in [5, 5.41) is 0. The molecule has 0 fully saturated rings. The van der Waals surface area contributed by atoms with E-state index in [1.54, 1.807) is 12.2 Å². The quantitative estimate of drug-likeness (QED) is 0.675. The van der Waals surface area contributed by atoms with Crippen molar-refractivity contribution in [1.82, 2.24) is 15.0 Å². The molecule has 0 aliphatic carbocycles. The number of rotatable bonds is 4. The van der Waals surface area contributed by atoms with Crippen LogP contribution in [0.4, 0.5) is 0 Å². The third-order valence-corrected chi connectivity index (χ3v) is 1.46. The Morgan fingerprint density at radius 3 is 2.43 bits per heavy atom. The number of hydrogen-bond acceptors (Lipinski definition) is 3. The van der Waals surface area contributed by atoms with Crippen LogP contribution in [-0.4, -0.2) is 15.0 Å². The molecule has 0 aliphatic rings. The summed E-state index contributed by atoms with van der Waals surface area (Å²) in [5.74, 6) is 0.623. The van der Waals surface area contributed by atoms with Crippen LogP contribution in [0.2, 0.25) is 0 Å². The van der Waals surface area contributed by atoms with Gasteiger partial charge in [0.25, 0.3) is 0 Å². The molecule has 0 radical (unpaired) electrons. The summed E-state index contributed by atoms with van der Waals surface area (Å²) in [5.41, 5.74) is 0.877. The largest absolute Gasteiger partial charge is 0.225 e. The van der Waals surface area contributed by atoms with E-state index in [0.717, 1.165) is 5.57 Å². The molecule has 14 heavy (non-hydrogen) atoms. The van der Waals surface area contributed by atoms with Crippen LogP contribution in [-0.2, 0) is 0 Å². The van der Waals surface area contributed by atoms with Crippen LogP contribution in [0.1, 0.15) is 5.82 Å². The van der Waals surface area contributed by atoms with Crippen molar-refractivity contribution in [2.75, 3.05) is 0 Å². The monoisotopic (exact) mass is 185 g/mol. The molecular formula is C11H11N3. The lowest BCUT2D eigenvalue weighted by molar-refractivity contribution is 1.02. The van der Waals surface area contributed by atoms with E-state index in [-0.39, 0.29) is 0 Å². The molecule has 0 amide bonds. The Hall–Kier alpha value is -2.03. The average Bonchev–Trinajstić information content (AvgIpc) is 2.25. The van der Waals surface area contributed by atoms with Crippen LogP contribution in [0.3, 0.4) is 0 Å². The Balaban J connectivity index is 3.01. The van der Waals surface area contributed by atoms with E-state index in [4.69, 9.17) is 0 Å². The smallest absolute Gasteiger partial charge is 0.162 e. The minimum atomic E-state index is 0.623. The van der Waals surface area contributed by atoms with Crippen molar-refractivity contribution >= 4 is 5.57 Å². The molecule has 0 aliphatic heterocycles. The summed E-state index contributed by atoms with van der Waals surface area (Å²) < 4.78 is 0. The predicted octanol–water partition coefficient (Wildman–Crippen LogP) is 2.18. The van der Waals surface area contributed by atoms with Crippen LogP contribution in [0.5, 0.6) is 0 Å². The van der Waals surface area contributed by atoms with Crippen LogP contribution in [0.15, 0.2) is 56.2 Å². The second kappa shape index (κ2) is 5.59. The van der Waals surface area contributed by atoms with Gasteiger partial charge >= 0.3 is 0 Å². The normalized spacial score (nSPS) is 11.6. The van der Waals surface area contributed by atoms with Gasteiger partial charge in [-0.3, -0.25) is 0 Å². The standard InChI is InChI=1S/C11H11N3/c1-3-5-7-10(6-4-2)11-13-8-12-9-14-11/h3-9H,1-2H2/b7-5-,10-6+. The molecule has 0 spiro atoms. The molecule has 0 aromatic carbocycles. The summed E-state index contributed by atoms with van der Waals surface area (Å²) >= 11 is 0. The van der Waals surface area contributed by atoms with Crippen molar-refractivity contribution in [2.24, 2.45) is 0 Å². The van der Waals surface area contributed by atoms with Gasteiger partial charge in [0.15, 0.2) is 5.82 Å². The zero-order chi connectivity index (χ0) is 10.2. The Bertz CT molecular complexity index is 363. The van der Waals surface area contributed by atoms with E-state index in [9.17, 15) is 0 Å². The molecule has 3 nitrogen and oxygen atoms in total. The van der Waals surface area contributed by atoms with Crippen molar-refractivity contribution in [3.05, 3.63) is 62.0 Å².